The zero-order valence-electron chi connectivity index (χ0n) is 7.25. The minimum absolute atomic E-state index is 1.21. The smallest absolute Gasteiger partial charge is 0.0389 e. The molecule has 0 spiro atoms. The minimum Gasteiger partial charge on any atom is -0.128 e. The molecule has 0 unspecified atom stereocenters. The number of hydrogen-bond donors (Lipinski definition) is 0. The van der Waals surface area contributed by atoms with Crippen LogP contribution in [-0.2, 0) is 0 Å². The van der Waals surface area contributed by atoms with Crippen molar-refractivity contribution < 1.29 is 0 Å². The quantitative estimate of drug-likeness (QED) is 0.682. The fraction of sp³-hybridized carbons (Fsp3) is 0.0909. The Morgan fingerprint density at radius 1 is 1.08 bits per heavy atom. The van der Waals surface area contributed by atoms with Crippen LogP contribution in [0.1, 0.15) is 0 Å². The first-order valence-electron chi connectivity index (χ1n) is 4.04. The number of benzene rings is 2. The Labute approximate surface area is 90.5 Å². The molecule has 0 heterocycles. The zero-order valence-corrected chi connectivity index (χ0v) is 9.65. The molecule has 0 aliphatic rings. The van der Waals surface area contributed by atoms with E-state index in [9.17, 15) is 0 Å². The summed E-state index contributed by atoms with van der Waals surface area (Å²) in [6.45, 7) is 0. The fourth-order valence-electron chi connectivity index (χ4n) is 1.37. The van der Waals surface area contributed by atoms with Crippen LogP contribution in [0.5, 0.6) is 0 Å². The Balaban J connectivity index is 2.79. The van der Waals surface area contributed by atoms with E-state index in [0.29, 0.717) is 0 Å². The van der Waals surface area contributed by atoms with Gasteiger partial charge in [-0.15, -0.1) is 11.8 Å². The molecule has 0 amide bonds. The molecule has 66 valence electrons. The molecule has 2 aromatic rings. The van der Waals surface area contributed by atoms with Crippen molar-refractivity contribution in [1.82, 2.24) is 0 Å². The van der Waals surface area contributed by atoms with E-state index in [2.05, 4.69) is 58.6 Å². The lowest BCUT2D eigenvalue weighted by molar-refractivity contribution is 1.46. The van der Waals surface area contributed by atoms with Crippen molar-refractivity contribution in [3.63, 3.8) is 0 Å². The third-order valence-corrected chi connectivity index (χ3v) is 3.94. The standard InChI is InChI=1S/C11H9BrS/c1-13-10-7-6-8-4-2-3-5-9(8)11(10)12/h2-7H,1H3. The predicted octanol–water partition coefficient (Wildman–Crippen LogP) is 4.32. The Kier molecular flexibility index (Phi) is 2.61. The molecule has 0 saturated carbocycles. The highest BCUT2D eigenvalue weighted by atomic mass is 79.9. The molecule has 0 radical (unpaired) electrons. The largest absolute Gasteiger partial charge is 0.128 e. The van der Waals surface area contributed by atoms with Crippen LogP contribution in [0.15, 0.2) is 45.8 Å². The minimum atomic E-state index is 1.21. The van der Waals surface area contributed by atoms with E-state index >= 15 is 0 Å². The Morgan fingerprint density at radius 2 is 1.85 bits per heavy atom. The van der Waals surface area contributed by atoms with Gasteiger partial charge in [0.05, 0.1) is 0 Å². The van der Waals surface area contributed by atoms with E-state index in [1.165, 1.54) is 20.1 Å². The maximum atomic E-state index is 3.62. The second kappa shape index (κ2) is 3.72. The van der Waals surface area contributed by atoms with Crippen LogP contribution in [0.25, 0.3) is 10.8 Å². The summed E-state index contributed by atoms with van der Waals surface area (Å²) < 4.78 is 1.21. The number of hydrogen-bond acceptors (Lipinski definition) is 1. The lowest BCUT2D eigenvalue weighted by Crippen LogP contribution is -1.77. The van der Waals surface area contributed by atoms with Gasteiger partial charge in [-0.05, 0) is 39.0 Å². The SMILES string of the molecule is CSc1ccc2ccccc2c1Br. The van der Waals surface area contributed by atoms with Gasteiger partial charge in [0, 0.05) is 9.37 Å². The topological polar surface area (TPSA) is 0 Å². The van der Waals surface area contributed by atoms with Crippen LogP contribution in [0.4, 0.5) is 0 Å². The Bertz CT molecular complexity index is 437. The first kappa shape index (κ1) is 9.10. The van der Waals surface area contributed by atoms with E-state index in [1.54, 1.807) is 11.8 Å². The van der Waals surface area contributed by atoms with Gasteiger partial charge in [0.25, 0.3) is 0 Å². The van der Waals surface area contributed by atoms with Crippen LogP contribution in [-0.4, -0.2) is 6.26 Å². The predicted molar refractivity (Wildman–Crippen MR) is 63.4 cm³/mol. The molecular weight excluding hydrogens is 244 g/mol. The molecule has 0 aromatic heterocycles. The van der Waals surface area contributed by atoms with Crippen molar-refractivity contribution in [1.29, 1.82) is 0 Å². The maximum absolute atomic E-state index is 3.62. The Morgan fingerprint density at radius 3 is 2.62 bits per heavy atom. The molecular formula is C11H9BrS. The van der Waals surface area contributed by atoms with Gasteiger partial charge < -0.3 is 0 Å². The molecule has 0 nitrogen and oxygen atoms in total. The summed E-state index contributed by atoms with van der Waals surface area (Å²) in [6.07, 6.45) is 2.09. The molecule has 0 bridgehead atoms. The van der Waals surface area contributed by atoms with Crippen molar-refractivity contribution in [3.8, 4) is 0 Å². The van der Waals surface area contributed by atoms with Gasteiger partial charge in [-0.3, -0.25) is 0 Å². The van der Waals surface area contributed by atoms with Crippen molar-refractivity contribution >= 4 is 38.5 Å². The molecule has 0 saturated heterocycles. The summed E-state index contributed by atoms with van der Waals surface area (Å²) in [6, 6.07) is 12.7. The fourth-order valence-corrected chi connectivity index (χ4v) is 2.84. The third kappa shape index (κ3) is 1.61. The average molecular weight is 253 g/mol. The highest BCUT2D eigenvalue weighted by molar-refractivity contribution is 9.10. The van der Waals surface area contributed by atoms with Crippen molar-refractivity contribution in [2.45, 2.75) is 4.90 Å². The normalized spacial score (nSPS) is 10.6. The molecule has 2 rings (SSSR count). The Hall–Kier alpha value is -0.470. The average Bonchev–Trinajstić information content (AvgIpc) is 2.19. The zero-order chi connectivity index (χ0) is 9.26. The lowest BCUT2D eigenvalue weighted by atomic mass is 10.1. The molecule has 0 N–H and O–H groups in total. The van der Waals surface area contributed by atoms with Crippen molar-refractivity contribution in [2.24, 2.45) is 0 Å². The monoisotopic (exact) mass is 252 g/mol. The second-order valence-electron chi connectivity index (χ2n) is 2.80. The van der Waals surface area contributed by atoms with Gasteiger partial charge in [0.1, 0.15) is 0 Å². The van der Waals surface area contributed by atoms with Gasteiger partial charge in [-0.1, -0.05) is 30.3 Å². The first-order valence-corrected chi connectivity index (χ1v) is 6.06. The molecule has 2 heteroatoms. The van der Waals surface area contributed by atoms with Crippen LogP contribution in [0.3, 0.4) is 0 Å². The van der Waals surface area contributed by atoms with E-state index < -0.39 is 0 Å². The number of thioether (sulfide) groups is 1. The van der Waals surface area contributed by atoms with Gasteiger partial charge in [0.15, 0.2) is 0 Å². The number of halogens is 1. The molecule has 0 aliphatic carbocycles. The van der Waals surface area contributed by atoms with Crippen LogP contribution >= 0.6 is 27.7 Å². The van der Waals surface area contributed by atoms with Crippen molar-refractivity contribution in [2.75, 3.05) is 6.26 Å². The van der Waals surface area contributed by atoms with Crippen molar-refractivity contribution in [3.05, 3.63) is 40.9 Å². The van der Waals surface area contributed by atoms with Gasteiger partial charge in [0.2, 0.25) is 0 Å². The molecule has 2 aromatic carbocycles. The van der Waals surface area contributed by atoms with Crippen LogP contribution < -0.4 is 0 Å². The van der Waals surface area contributed by atoms with E-state index in [-0.39, 0.29) is 0 Å². The number of fused-ring (bicyclic) bond motifs is 1. The molecule has 13 heavy (non-hydrogen) atoms. The van der Waals surface area contributed by atoms with Crippen LogP contribution in [0.2, 0.25) is 0 Å². The third-order valence-electron chi connectivity index (χ3n) is 2.05. The van der Waals surface area contributed by atoms with E-state index in [1.807, 2.05) is 0 Å². The second-order valence-corrected chi connectivity index (χ2v) is 4.44. The summed E-state index contributed by atoms with van der Waals surface area (Å²) in [5.41, 5.74) is 0. The number of rotatable bonds is 1. The lowest BCUT2D eigenvalue weighted by Gasteiger charge is -2.04. The maximum Gasteiger partial charge on any atom is 0.0389 e. The summed E-state index contributed by atoms with van der Waals surface area (Å²) in [5.74, 6) is 0. The highest BCUT2D eigenvalue weighted by Crippen LogP contribution is 2.32. The highest BCUT2D eigenvalue weighted by Gasteiger charge is 2.02. The summed E-state index contributed by atoms with van der Waals surface area (Å²) in [5, 5.41) is 2.57. The molecule has 0 fully saturated rings. The van der Waals surface area contributed by atoms with Gasteiger partial charge in [-0.2, -0.15) is 0 Å². The van der Waals surface area contributed by atoms with Gasteiger partial charge >= 0.3 is 0 Å². The van der Waals surface area contributed by atoms with E-state index in [4.69, 9.17) is 0 Å². The van der Waals surface area contributed by atoms with Gasteiger partial charge in [-0.25, -0.2) is 0 Å². The molecule has 0 aliphatic heterocycles. The summed E-state index contributed by atoms with van der Waals surface area (Å²) in [7, 11) is 0. The molecule has 0 atom stereocenters. The first-order chi connectivity index (χ1) is 6.33. The van der Waals surface area contributed by atoms with Crippen LogP contribution in [0, 0.1) is 0 Å². The summed E-state index contributed by atoms with van der Waals surface area (Å²) in [4.78, 5) is 1.29. The summed E-state index contributed by atoms with van der Waals surface area (Å²) >= 11 is 5.38. The van der Waals surface area contributed by atoms with E-state index in [0.717, 1.165) is 0 Å².